The van der Waals surface area contributed by atoms with Crippen LogP contribution in [-0.2, 0) is 12.8 Å². The van der Waals surface area contributed by atoms with E-state index in [1.165, 1.54) is 0 Å². The lowest BCUT2D eigenvalue weighted by molar-refractivity contribution is 0.103. The summed E-state index contributed by atoms with van der Waals surface area (Å²) in [4.78, 5) is 13.5. The summed E-state index contributed by atoms with van der Waals surface area (Å²) in [7, 11) is 0. The highest BCUT2D eigenvalue weighted by atomic mass is 16.5. The van der Waals surface area contributed by atoms with E-state index >= 15 is 0 Å². The zero-order valence-corrected chi connectivity index (χ0v) is 18.9. The highest BCUT2D eigenvalue weighted by Crippen LogP contribution is 2.40. The van der Waals surface area contributed by atoms with Crippen LogP contribution < -0.4 is 9.47 Å². The quantitative estimate of drug-likeness (QED) is 0.183. The maximum Gasteiger partial charge on any atom is 0.196 e. The Morgan fingerprint density at radius 3 is 1.76 bits per heavy atom. The molecule has 0 saturated heterocycles. The standard InChI is InChI=1S/C31H26O3/c1-3-13-23-15-8-10-20-27(23)33-29-22-12-19-26(30(32)25-17-6-5-7-18-25)31(29)34-28-21-11-9-16-24(28)14-4-2/h3-12,15-22H,1-2,13-14H2. The van der Waals surface area contributed by atoms with Gasteiger partial charge in [-0.1, -0.05) is 84.9 Å². The van der Waals surface area contributed by atoms with E-state index in [4.69, 9.17) is 9.47 Å². The molecular formula is C31H26O3. The number of carbonyl (C=O) groups is 1. The number of hydrogen-bond donors (Lipinski definition) is 0. The van der Waals surface area contributed by atoms with Crippen molar-refractivity contribution in [3.8, 4) is 23.0 Å². The Labute approximate surface area is 200 Å². The number of ketones is 1. The van der Waals surface area contributed by atoms with E-state index in [1.807, 2.05) is 91.0 Å². The molecule has 0 N–H and O–H groups in total. The van der Waals surface area contributed by atoms with Gasteiger partial charge in [-0.3, -0.25) is 4.79 Å². The summed E-state index contributed by atoms with van der Waals surface area (Å²) in [5, 5.41) is 0. The molecule has 0 aliphatic heterocycles. The monoisotopic (exact) mass is 446 g/mol. The third-order valence-electron chi connectivity index (χ3n) is 5.37. The molecule has 0 spiro atoms. The summed E-state index contributed by atoms with van der Waals surface area (Å²) in [5.74, 6) is 2.05. The molecule has 3 nitrogen and oxygen atoms in total. The molecule has 0 heterocycles. The van der Waals surface area contributed by atoms with E-state index in [1.54, 1.807) is 18.2 Å². The minimum Gasteiger partial charge on any atom is -0.453 e. The van der Waals surface area contributed by atoms with Crippen LogP contribution in [0.5, 0.6) is 23.0 Å². The van der Waals surface area contributed by atoms with Crippen LogP contribution in [0.2, 0.25) is 0 Å². The molecule has 4 rings (SSSR count). The van der Waals surface area contributed by atoms with Crippen molar-refractivity contribution in [1.29, 1.82) is 0 Å². The van der Waals surface area contributed by atoms with Gasteiger partial charge in [-0.2, -0.15) is 0 Å². The molecule has 0 fully saturated rings. The Morgan fingerprint density at radius 1 is 0.618 bits per heavy atom. The summed E-state index contributed by atoms with van der Waals surface area (Å²) in [5.41, 5.74) is 2.97. The van der Waals surface area contributed by atoms with E-state index in [0.717, 1.165) is 11.1 Å². The summed E-state index contributed by atoms with van der Waals surface area (Å²) >= 11 is 0. The van der Waals surface area contributed by atoms with Gasteiger partial charge in [0.05, 0.1) is 5.56 Å². The third-order valence-corrected chi connectivity index (χ3v) is 5.37. The maximum atomic E-state index is 13.5. The second-order valence-corrected chi connectivity index (χ2v) is 7.73. The molecule has 0 amide bonds. The first kappa shape index (κ1) is 22.8. The molecule has 3 heteroatoms. The summed E-state index contributed by atoms with van der Waals surface area (Å²) < 4.78 is 12.8. The van der Waals surface area contributed by atoms with E-state index in [0.29, 0.717) is 47.0 Å². The minimum atomic E-state index is -0.137. The molecule has 0 aromatic heterocycles. The predicted octanol–water partition coefficient (Wildman–Crippen LogP) is 7.96. The number of ether oxygens (including phenoxy) is 2. The van der Waals surface area contributed by atoms with Crippen molar-refractivity contribution in [1.82, 2.24) is 0 Å². The lowest BCUT2D eigenvalue weighted by atomic mass is 10.0. The van der Waals surface area contributed by atoms with Crippen LogP contribution in [0.3, 0.4) is 0 Å². The molecule has 0 unspecified atom stereocenters. The molecule has 34 heavy (non-hydrogen) atoms. The van der Waals surface area contributed by atoms with Crippen LogP contribution >= 0.6 is 0 Å². The van der Waals surface area contributed by atoms with Gasteiger partial charge < -0.3 is 9.47 Å². The highest BCUT2D eigenvalue weighted by Gasteiger charge is 2.21. The van der Waals surface area contributed by atoms with Gasteiger partial charge in [0.1, 0.15) is 11.5 Å². The molecule has 168 valence electrons. The van der Waals surface area contributed by atoms with E-state index < -0.39 is 0 Å². The van der Waals surface area contributed by atoms with Crippen LogP contribution in [0, 0.1) is 0 Å². The maximum absolute atomic E-state index is 13.5. The minimum absolute atomic E-state index is 0.137. The highest BCUT2D eigenvalue weighted by molar-refractivity contribution is 6.11. The third kappa shape index (κ3) is 5.16. The van der Waals surface area contributed by atoms with Gasteiger partial charge in [-0.15, -0.1) is 13.2 Å². The summed E-state index contributed by atoms with van der Waals surface area (Å²) in [6.45, 7) is 7.69. The zero-order chi connectivity index (χ0) is 23.8. The van der Waals surface area contributed by atoms with Gasteiger partial charge in [-0.25, -0.2) is 0 Å². The van der Waals surface area contributed by atoms with Crippen molar-refractivity contribution in [2.45, 2.75) is 12.8 Å². The Kier molecular flexibility index (Phi) is 7.36. The van der Waals surface area contributed by atoms with E-state index in [2.05, 4.69) is 13.2 Å². The van der Waals surface area contributed by atoms with Crippen LogP contribution in [0.4, 0.5) is 0 Å². The topological polar surface area (TPSA) is 35.5 Å². The van der Waals surface area contributed by atoms with Gasteiger partial charge in [0, 0.05) is 5.56 Å². The predicted molar refractivity (Wildman–Crippen MR) is 137 cm³/mol. The summed E-state index contributed by atoms with van der Waals surface area (Å²) in [6, 6.07) is 30.1. The van der Waals surface area contributed by atoms with Crippen molar-refractivity contribution < 1.29 is 14.3 Å². The number of hydrogen-bond acceptors (Lipinski definition) is 3. The average molecular weight is 447 g/mol. The first-order chi connectivity index (χ1) is 16.7. The number of para-hydroxylation sites is 3. The van der Waals surface area contributed by atoms with Gasteiger partial charge in [0.25, 0.3) is 0 Å². The number of carbonyl (C=O) groups excluding carboxylic acids is 1. The van der Waals surface area contributed by atoms with E-state index in [9.17, 15) is 4.79 Å². The van der Waals surface area contributed by atoms with Crippen molar-refractivity contribution in [2.24, 2.45) is 0 Å². The van der Waals surface area contributed by atoms with Crippen molar-refractivity contribution in [3.05, 3.63) is 145 Å². The Balaban J connectivity index is 1.83. The van der Waals surface area contributed by atoms with Gasteiger partial charge in [0.2, 0.25) is 0 Å². The largest absolute Gasteiger partial charge is 0.453 e. The number of rotatable bonds is 10. The second kappa shape index (κ2) is 11.0. The molecular weight excluding hydrogens is 420 g/mol. The lowest BCUT2D eigenvalue weighted by Gasteiger charge is -2.18. The fourth-order valence-electron chi connectivity index (χ4n) is 3.71. The van der Waals surface area contributed by atoms with Crippen LogP contribution in [0.25, 0.3) is 0 Å². The number of benzene rings is 4. The number of allylic oxidation sites excluding steroid dienone is 2. The first-order valence-corrected chi connectivity index (χ1v) is 11.2. The van der Waals surface area contributed by atoms with Crippen LogP contribution in [0.15, 0.2) is 122 Å². The Bertz CT molecular complexity index is 1310. The van der Waals surface area contributed by atoms with E-state index in [-0.39, 0.29) is 5.78 Å². The molecule has 0 aliphatic carbocycles. The second-order valence-electron chi connectivity index (χ2n) is 7.73. The van der Waals surface area contributed by atoms with Crippen molar-refractivity contribution in [3.63, 3.8) is 0 Å². The molecule has 0 bridgehead atoms. The normalized spacial score (nSPS) is 10.4. The van der Waals surface area contributed by atoms with Gasteiger partial charge in [0.15, 0.2) is 17.3 Å². The lowest BCUT2D eigenvalue weighted by Crippen LogP contribution is -2.05. The summed E-state index contributed by atoms with van der Waals surface area (Å²) in [6.07, 6.45) is 4.97. The average Bonchev–Trinajstić information content (AvgIpc) is 2.88. The molecule has 4 aromatic carbocycles. The Hall–Kier alpha value is -4.37. The van der Waals surface area contributed by atoms with Crippen LogP contribution in [-0.4, -0.2) is 5.78 Å². The molecule has 0 aliphatic rings. The fraction of sp³-hybridized carbons (Fsp3) is 0.0645. The SMILES string of the molecule is C=CCc1ccccc1Oc1cccc(C(=O)c2ccccc2)c1Oc1ccccc1CC=C. The van der Waals surface area contributed by atoms with Gasteiger partial charge >= 0.3 is 0 Å². The van der Waals surface area contributed by atoms with Gasteiger partial charge in [-0.05, 0) is 48.2 Å². The Morgan fingerprint density at radius 2 is 1.15 bits per heavy atom. The van der Waals surface area contributed by atoms with Crippen molar-refractivity contribution in [2.75, 3.05) is 0 Å². The van der Waals surface area contributed by atoms with Crippen LogP contribution in [0.1, 0.15) is 27.0 Å². The zero-order valence-electron chi connectivity index (χ0n) is 18.9. The fourth-order valence-corrected chi connectivity index (χ4v) is 3.71. The van der Waals surface area contributed by atoms with Crippen molar-refractivity contribution >= 4 is 5.78 Å². The smallest absolute Gasteiger partial charge is 0.196 e. The molecule has 4 aromatic rings. The molecule has 0 saturated carbocycles. The molecule has 0 radical (unpaired) electrons. The first-order valence-electron chi connectivity index (χ1n) is 11.2. The molecule has 0 atom stereocenters.